The fraction of sp³-hybridized carbons (Fsp3) is 0.300. The van der Waals surface area contributed by atoms with Gasteiger partial charge in [0.05, 0.1) is 11.1 Å². The van der Waals surface area contributed by atoms with Crippen LogP contribution in [0.5, 0.6) is 11.5 Å². The first-order valence-corrected chi connectivity index (χ1v) is 15.1. The van der Waals surface area contributed by atoms with Gasteiger partial charge >= 0.3 is 75.3 Å². The van der Waals surface area contributed by atoms with Crippen LogP contribution in [0.4, 0.5) is 26.3 Å². The van der Waals surface area contributed by atoms with Crippen LogP contribution < -0.4 is 0 Å². The maximum atomic E-state index is 11.8. The molecule has 2 aromatic rings. The number of phenols is 2. The van der Waals surface area contributed by atoms with Crippen molar-refractivity contribution < 1.29 is 58.8 Å². The zero-order chi connectivity index (χ0) is 23.0. The van der Waals surface area contributed by atoms with Gasteiger partial charge in [-0.25, -0.2) is 0 Å². The van der Waals surface area contributed by atoms with Gasteiger partial charge in [0.25, 0.3) is 0 Å². The first-order chi connectivity index (χ1) is 13.7. The average Bonchev–Trinajstić information content (AvgIpc) is 2.62. The Morgan fingerprint density at radius 1 is 0.667 bits per heavy atom. The Morgan fingerprint density at radius 2 is 0.967 bits per heavy atom. The Morgan fingerprint density at radius 3 is 1.17 bits per heavy atom. The molecule has 2 aromatic carbocycles. The third-order valence-electron chi connectivity index (χ3n) is 3.93. The fourth-order valence-electron chi connectivity index (χ4n) is 2.14. The molecule has 1 heterocycles. The van der Waals surface area contributed by atoms with Gasteiger partial charge in [0.15, 0.2) is 0 Å². The van der Waals surface area contributed by atoms with Crippen LogP contribution in [0.2, 0.25) is 25.2 Å². The van der Waals surface area contributed by atoms with Gasteiger partial charge in [-0.2, -0.15) is 26.3 Å². The molecular weight excluding hydrogens is 506 g/mol. The van der Waals surface area contributed by atoms with Crippen LogP contribution in [-0.4, -0.2) is 25.7 Å². The Balaban J connectivity index is 0.000000228. The maximum absolute atomic E-state index is 11.8. The normalized spacial score (nSPS) is 14.8. The van der Waals surface area contributed by atoms with Crippen molar-refractivity contribution in [2.24, 2.45) is 0 Å². The molecule has 3 rings (SSSR count). The van der Waals surface area contributed by atoms with Crippen molar-refractivity contribution in [1.29, 1.82) is 0 Å². The molecule has 1 aliphatic heterocycles. The topological polar surface area (TPSA) is 40.5 Å². The van der Waals surface area contributed by atoms with E-state index < -0.39 is 31.6 Å². The van der Waals surface area contributed by atoms with Crippen LogP contribution in [0.1, 0.15) is 11.1 Å². The van der Waals surface area contributed by atoms with Crippen molar-refractivity contribution in [3.8, 4) is 11.5 Å². The standard InChI is InChI=1S/2C7H5F3O.C6H12Si.Zr/c2*8-7(9,10)5-1-3-6(11)4-2-5;1-5-7(3,4)6-2;/h2*1-4,11H;1-2H,5-6H2,3-4H3;. The summed E-state index contributed by atoms with van der Waals surface area (Å²) in [7, 11) is -0.659. The van der Waals surface area contributed by atoms with Crippen molar-refractivity contribution in [3.05, 3.63) is 59.7 Å². The van der Waals surface area contributed by atoms with Crippen LogP contribution in [0, 0.1) is 0 Å². The van der Waals surface area contributed by atoms with E-state index in [2.05, 4.69) is 20.5 Å². The Kier molecular flexibility index (Phi) is 9.88. The molecule has 0 bridgehead atoms. The second-order valence-corrected chi connectivity index (χ2v) is 15.2. The molecule has 0 amide bonds. The summed E-state index contributed by atoms with van der Waals surface area (Å²) in [5.74, 6) is -0.337. The van der Waals surface area contributed by atoms with Crippen molar-refractivity contribution in [3.63, 3.8) is 0 Å². The van der Waals surface area contributed by atoms with E-state index in [1.165, 1.54) is 12.1 Å². The van der Waals surface area contributed by atoms with Gasteiger partial charge in [-0.05, 0) is 48.5 Å². The summed E-state index contributed by atoms with van der Waals surface area (Å²) in [6, 6.07) is 10.3. The molecule has 10 heteroatoms. The molecule has 1 aliphatic rings. The second-order valence-electron chi connectivity index (χ2n) is 7.24. The van der Waals surface area contributed by atoms with E-state index >= 15 is 0 Å². The molecule has 0 spiro atoms. The summed E-state index contributed by atoms with van der Waals surface area (Å²) >= 11 is -0.00766. The molecule has 164 valence electrons. The van der Waals surface area contributed by atoms with Crippen molar-refractivity contribution >= 4 is 15.5 Å². The third-order valence-corrected chi connectivity index (χ3v) is 10.7. The summed E-state index contributed by atoms with van der Waals surface area (Å²) in [5, 5.41) is 17.3. The van der Waals surface area contributed by atoms with Crippen LogP contribution >= 0.6 is 0 Å². The van der Waals surface area contributed by atoms with Gasteiger partial charge in [-0.1, -0.05) is 0 Å². The summed E-state index contributed by atoms with van der Waals surface area (Å²) in [6.07, 6.45) is -8.65. The van der Waals surface area contributed by atoms with Gasteiger partial charge in [-0.3, -0.25) is 0 Å². The Labute approximate surface area is 182 Å². The van der Waals surface area contributed by atoms with E-state index in [0.717, 1.165) is 48.5 Å². The fourth-order valence-corrected chi connectivity index (χ4v) is 13.9. The van der Waals surface area contributed by atoms with Crippen molar-refractivity contribution in [2.45, 2.75) is 37.5 Å². The summed E-state index contributed by atoms with van der Waals surface area (Å²) in [6.45, 7) is 4.97. The summed E-state index contributed by atoms with van der Waals surface area (Å²) in [4.78, 5) is 0. The molecule has 0 fully saturated rings. The number of aromatic hydroxyl groups is 2. The molecule has 0 atom stereocenters. The third kappa shape index (κ3) is 10.5. The predicted molar refractivity (Wildman–Crippen MR) is 105 cm³/mol. The van der Waals surface area contributed by atoms with Crippen LogP contribution in [0.25, 0.3) is 0 Å². The zero-order valence-electron chi connectivity index (χ0n) is 16.3. The first kappa shape index (κ1) is 26.5. The van der Waals surface area contributed by atoms with E-state index in [9.17, 15) is 26.3 Å². The predicted octanol–water partition coefficient (Wildman–Crippen LogP) is 6.22. The minimum atomic E-state index is -4.33. The average molecular weight is 528 g/mol. The number of alkyl halides is 6. The van der Waals surface area contributed by atoms with Gasteiger partial charge in [0.2, 0.25) is 0 Å². The SMILES string of the molecule is C[Si]1(C)C[CH]=[Zr]=[CH]C1.Oc1ccc(C(F)(F)F)cc1.Oc1ccc(C(F)(F)F)cc1. The summed E-state index contributed by atoms with van der Waals surface area (Å²) in [5.41, 5.74) is -1.51. The molecule has 2 nitrogen and oxygen atoms in total. The van der Waals surface area contributed by atoms with Gasteiger partial charge in [0, 0.05) is 0 Å². The van der Waals surface area contributed by atoms with Crippen LogP contribution in [0.3, 0.4) is 0 Å². The number of phenolic OH excluding ortho intramolecular Hbond substituents is 2. The van der Waals surface area contributed by atoms with E-state index in [4.69, 9.17) is 10.2 Å². The minimum Gasteiger partial charge on any atom is -0.508 e. The first-order valence-electron chi connectivity index (χ1n) is 8.82. The molecule has 0 radical (unpaired) electrons. The van der Waals surface area contributed by atoms with E-state index in [1.807, 2.05) is 0 Å². The molecule has 0 unspecified atom stereocenters. The van der Waals surface area contributed by atoms with Crippen molar-refractivity contribution in [1.82, 2.24) is 0 Å². The zero-order valence-corrected chi connectivity index (χ0v) is 19.8. The summed E-state index contributed by atoms with van der Waals surface area (Å²) < 4.78 is 76.2. The number of hydrogen-bond acceptors (Lipinski definition) is 2. The monoisotopic (exact) mass is 526 g/mol. The van der Waals surface area contributed by atoms with E-state index in [-0.39, 0.29) is 33.8 Å². The Hall–Kier alpha value is -1.54. The molecule has 0 aliphatic carbocycles. The van der Waals surface area contributed by atoms with Crippen LogP contribution in [-0.2, 0) is 34.6 Å². The number of benzene rings is 2. The molecular formula is C20H22F6O2SiZr. The van der Waals surface area contributed by atoms with Crippen LogP contribution in [0.15, 0.2) is 48.5 Å². The largest absolute Gasteiger partial charge is 0.508 e. The van der Waals surface area contributed by atoms with Gasteiger partial charge < -0.3 is 10.2 Å². The number of rotatable bonds is 0. The molecule has 2 N–H and O–H groups in total. The quantitative estimate of drug-likeness (QED) is 0.316. The molecule has 0 saturated heterocycles. The minimum absolute atomic E-state index is 0.00766. The van der Waals surface area contributed by atoms with Crippen molar-refractivity contribution in [2.75, 3.05) is 0 Å². The van der Waals surface area contributed by atoms with Gasteiger partial charge in [0.1, 0.15) is 11.5 Å². The Bertz CT molecular complexity index is 785. The molecule has 0 saturated carbocycles. The maximum Gasteiger partial charge on any atom is 0.416 e. The second kappa shape index (κ2) is 11.2. The number of halogens is 6. The molecule has 0 aromatic heterocycles. The number of hydrogen-bond donors (Lipinski definition) is 2. The smallest absolute Gasteiger partial charge is 0.416 e. The molecule has 30 heavy (non-hydrogen) atoms. The van der Waals surface area contributed by atoms with E-state index in [1.54, 1.807) is 0 Å². The van der Waals surface area contributed by atoms with Gasteiger partial charge in [-0.15, -0.1) is 0 Å². The van der Waals surface area contributed by atoms with E-state index in [0.29, 0.717) is 0 Å².